The van der Waals surface area contributed by atoms with E-state index in [2.05, 4.69) is 10.6 Å². The number of nitrogens with one attached hydrogen (secondary N) is 3. The van der Waals surface area contributed by atoms with Crippen LogP contribution in [0.4, 0.5) is 20.2 Å². The van der Waals surface area contributed by atoms with Gasteiger partial charge in [-0.05, 0) is 54.6 Å². The summed E-state index contributed by atoms with van der Waals surface area (Å²) in [5.74, 6) is -3.25. The quantitative estimate of drug-likeness (QED) is 0.487. The molecule has 0 atom stereocenters. The van der Waals surface area contributed by atoms with Crippen molar-refractivity contribution in [1.29, 1.82) is 10.7 Å². The zero-order valence-corrected chi connectivity index (χ0v) is 16.4. The van der Waals surface area contributed by atoms with Gasteiger partial charge in [-0.2, -0.15) is 5.26 Å². The van der Waals surface area contributed by atoms with Crippen LogP contribution in [-0.4, -0.2) is 17.5 Å². The number of anilines is 2. The van der Waals surface area contributed by atoms with Crippen LogP contribution in [0.3, 0.4) is 0 Å². The lowest BCUT2D eigenvalue weighted by Gasteiger charge is -2.12. The molecular weight excluding hydrogens is 426 g/mol. The van der Waals surface area contributed by atoms with E-state index < -0.39 is 29.2 Å². The van der Waals surface area contributed by atoms with Gasteiger partial charge in [-0.15, -0.1) is 0 Å². The first kappa shape index (κ1) is 21.6. The molecule has 0 aromatic heterocycles. The van der Waals surface area contributed by atoms with Crippen molar-refractivity contribution in [3.63, 3.8) is 0 Å². The van der Waals surface area contributed by atoms with Crippen molar-refractivity contribution in [2.45, 2.75) is 0 Å². The Morgan fingerprint density at radius 3 is 2.23 bits per heavy atom. The van der Waals surface area contributed by atoms with Gasteiger partial charge >= 0.3 is 0 Å². The second-order valence-electron chi connectivity index (χ2n) is 6.29. The van der Waals surface area contributed by atoms with Gasteiger partial charge < -0.3 is 10.6 Å². The van der Waals surface area contributed by atoms with Gasteiger partial charge in [-0.3, -0.25) is 15.0 Å². The van der Waals surface area contributed by atoms with Gasteiger partial charge in [0.1, 0.15) is 23.4 Å². The van der Waals surface area contributed by atoms with E-state index in [0.717, 1.165) is 24.3 Å². The van der Waals surface area contributed by atoms with E-state index in [4.69, 9.17) is 22.3 Å². The fourth-order valence-corrected chi connectivity index (χ4v) is 2.78. The van der Waals surface area contributed by atoms with Gasteiger partial charge in [0.25, 0.3) is 11.8 Å². The standard InChI is InChI=1S/C22H13ClF2N4O2/c23-13-2-5-15(6-3-13)28-22(31)17-10-14(24)4-8-20(17)29-21(30)16-7-1-12(9-18(16)25)19(27)11-26/h1-10,27H,(H,28,31)(H,29,30). The van der Waals surface area contributed by atoms with E-state index in [1.54, 1.807) is 30.3 Å². The minimum atomic E-state index is -0.954. The highest BCUT2D eigenvalue weighted by atomic mass is 35.5. The summed E-state index contributed by atoms with van der Waals surface area (Å²) in [4.78, 5) is 25.2. The summed E-state index contributed by atoms with van der Waals surface area (Å²) in [6, 6.07) is 14.2. The van der Waals surface area contributed by atoms with Gasteiger partial charge in [0.15, 0.2) is 0 Å². The van der Waals surface area contributed by atoms with Crippen LogP contribution in [-0.2, 0) is 0 Å². The van der Waals surface area contributed by atoms with Crippen LogP contribution >= 0.6 is 11.6 Å². The number of amides is 2. The summed E-state index contributed by atoms with van der Waals surface area (Å²) in [5.41, 5.74) is -0.620. The Labute approximate surface area is 180 Å². The third-order valence-corrected chi connectivity index (χ3v) is 4.44. The summed E-state index contributed by atoms with van der Waals surface area (Å²) in [7, 11) is 0. The molecule has 6 nitrogen and oxygen atoms in total. The number of hydrogen-bond donors (Lipinski definition) is 3. The number of hydrogen-bond acceptors (Lipinski definition) is 4. The first-order valence-electron chi connectivity index (χ1n) is 8.75. The van der Waals surface area contributed by atoms with Crippen LogP contribution < -0.4 is 10.6 Å². The van der Waals surface area contributed by atoms with Gasteiger partial charge in [0.05, 0.1) is 16.8 Å². The second kappa shape index (κ2) is 9.15. The van der Waals surface area contributed by atoms with Crippen molar-refractivity contribution in [2.75, 3.05) is 10.6 Å². The Kier molecular flexibility index (Phi) is 6.38. The van der Waals surface area contributed by atoms with Crippen molar-refractivity contribution in [3.8, 4) is 6.07 Å². The van der Waals surface area contributed by atoms with Gasteiger partial charge in [-0.1, -0.05) is 17.7 Å². The highest BCUT2D eigenvalue weighted by Gasteiger charge is 2.18. The van der Waals surface area contributed by atoms with Crippen LogP contribution in [0.5, 0.6) is 0 Å². The van der Waals surface area contributed by atoms with Gasteiger partial charge in [-0.25, -0.2) is 8.78 Å². The Morgan fingerprint density at radius 2 is 1.58 bits per heavy atom. The smallest absolute Gasteiger partial charge is 0.258 e. The van der Waals surface area contributed by atoms with E-state index in [-0.39, 0.29) is 22.4 Å². The Hall–Kier alpha value is -4.09. The van der Waals surface area contributed by atoms with Gasteiger partial charge in [0.2, 0.25) is 0 Å². The molecule has 0 bridgehead atoms. The maximum absolute atomic E-state index is 14.3. The van der Waals surface area contributed by atoms with Crippen molar-refractivity contribution in [2.24, 2.45) is 0 Å². The Balaban J connectivity index is 1.86. The largest absolute Gasteiger partial charge is 0.322 e. The predicted molar refractivity (Wildman–Crippen MR) is 113 cm³/mol. The molecule has 2 amide bonds. The minimum Gasteiger partial charge on any atom is -0.322 e. The summed E-state index contributed by atoms with van der Waals surface area (Å²) < 4.78 is 28.1. The normalized spacial score (nSPS) is 10.1. The number of halogens is 3. The first-order valence-corrected chi connectivity index (χ1v) is 9.12. The molecule has 3 aromatic rings. The second-order valence-corrected chi connectivity index (χ2v) is 6.72. The van der Waals surface area contributed by atoms with E-state index in [0.29, 0.717) is 10.7 Å². The molecule has 0 unspecified atom stereocenters. The van der Waals surface area contributed by atoms with Crippen molar-refractivity contribution >= 4 is 40.5 Å². The number of rotatable bonds is 5. The molecular formula is C22H13ClF2N4O2. The van der Waals surface area contributed by atoms with E-state index >= 15 is 0 Å². The van der Waals surface area contributed by atoms with E-state index in [9.17, 15) is 18.4 Å². The molecule has 0 fully saturated rings. The SMILES string of the molecule is N#CC(=N)c1ccc(C(=O)Nc2ccc(F)cc2C(=O)Nc2ccc(Cl)cc2)c(F)c1. The Morgan fingerprint density at radius 1 is 0.903 bits per heavy atom. The fraction of sp³-hybridized carbons (Fsp3) is 0. The summed E-state index contributed by atoms with van der Waals surface area (Å²) in [6.45, 7) is 0. The van der Waals surface area contributed by atoms with Crippen molar-refractivity contribution in [1.82, 2.24) is 0 Å². The predicted octanol–water partition coefficient (Wildman–Crippen LogP) is 5.01. The number of nitrogens with zero attached hydrogens (tertiary/aromatic N) is 1. The van der Waals surface area contributed by atoms with Crippen LogP contribution in [0.25, 0.3) is 0 Å². The summed E-state index contributed by atoms with van der Waals surface area (Å²) in [6.07, 6.45) is 0. The number of carbonyl (C=O) groups excluding carboxylic acids is 2. The molecule has 154 valence electrons. The number of carbonyl (C=O) groups is 2. The van der Waals surface area contributed by atoms with Crippen LogP contribution in [0, 0.1) is 28.4 Å². The van der Waals surface area contributed by atoms with Crippen molar-refractivity contribution in [3.05, 3.63) is 94.0 Å². The molecule has 0 spiro atoms. The molecule has 0 radical (unpaired) electrons. The molecule has 0 saturated heterocycles. The molecule has 0 aliphatic carbocycles. The molecule has 0 aliphatic rings. The minimum absolute atomic E-state index is 0.0152. The molecule has 0 aliphatic heterocycles. The fourth-order valence-electron chi connectivity index (χ4n) is 2.65. The average Bonchev–Trinajstić information content (AvgIpc) is 2.75. The third kappa shape index (κ3) is 5.10. The summed E-state index contributed by atoms with van der Waals surface area (Å²) in [5, 5.41) is 21.6. The summed E-state index contributed by atoms with van der Waals surface area (Å²) >= 11 is 5.81. The molecule has 0 heterocycles. The zero-order chi connectivity index (χ0) is 22.5. The van der Waals surface area contributed by atoms with E-state index in [1.165, 1.54) is 12.1 Å². The number of benzene rings is 3. The maximum Gasteiger partial charge on any atom is 0.258 e. The third-order valence-electron chi connectivity index (χ3n) is 4.19. The molecule has 9 heteroatoms. The monoisotopic (exact) mass is 438 g/mol. The molecule has 3 N–H and O–H groups in total. The van der Waals surface area contributed by atoms with Gasteiger partial charge in [0, 0.05) is 16.3 Å². The lowest BCUT2D eigenvalue weighted by Crippen LogP contribution is -2.19. The average molecular weight is 439 g/mol. The number of nitriles is 1. The highest BCUT2D eigenvalue weighted by molar-refractivity contribution is 6.30. The van der Waals surface area contributed by atoms with E-state index in [1.807, 2.05) is 0 Å². The lowest BCUT2D eigenvalue weighted by molar-refractivity contribution is 0.102. The maximum atomic E-state index is 14.3. The topological polar surface area (TPSA) is 106 Å². The zero-order valence-electron chi connectivity index (χ0n) is 15.7. The highest BCUT2D eigenvalue weighted by Crippen LogP contribution is 2.22. The lowest BCUT2D eigenvalue weighted by atomic mass is 10.1. The molecule has 0 saturated carbocycles. The van der Waals surface area contributed by atoms with Crippen LogP contribution in [0.2, 0.25) is 5.02 Å². The van der Waals surface area contributed by atoms with Crippen molar-refractivity contribution < 1.29 is 18.4 Å². The molecule has 3 aromatic carbocycles. The van der Waals surface area contributed by atoms with Crippen LogP contribution in [0.15, 0.2) is 60.7 Å². The first-order chi connectivity index (χ1) is 14.8. The van der Waals surface area contributed by atoms with Crippen LogP contribution in [0.1, 0.15) is 26.3 Å². The molecule has 31 heavy (non-hydrogen) atoms. The Bertz CT molecular complexity index is 1240. The molecule has 3 rings (SSSR count).